The fourth-order valence-corrected chi connectivity index (χ4v) is 2.39. The van der Waals surface area contributed by atoms with Crippen LogP contribution in [0.25, 0.3) is 0 Å². The highest BCUT2D eigenvalue weighted by molar-refractivity contribution is 5.96. The first-order valence-electron chi connectivity index (χ1n) is 6.31. The van der Waals surface area contributed by atoms with Gasteiger partial charge in [0.05, 0.1) is 5.69 Å². The second-order valence-corrected chi connectivity index (χ2v) is 4.86. The van der Waals surface area contributed by atoms with E-state index in [-0.39, 0.29) is 11.8 Å². The first-order chi connectivity index (χ1) is 8.56. The fraction of sp³-hybridized carbons (Fsp3) is 0.538. The molecule has 5 heteroatoms. The molecule has 1 aliphatic rings. The van der Waals surface area contributed by atoms with Gasteiger partial charge in [-0.2, -0.15) is 0 Å². The molecule has 1 heterocycles. The van der Waals surface area contributed by atoms with Gasteiger partial charge < -0.3 is 15.2 Å². The smallest absolute Gasteiger partial charge is 0.268 e. The summed E-state index contributed by atoms with van der Waals surface area (Å²) in [6.45, 7) is 1.45. The molecule has 1 aromatic rings. The molecule has 0 unspecified atom stereocenters. The van der Waals surface area contributed by atoms with E-state index < -0.39 is 0 Å². The molecule has 1 fully saturated rings. The van der Waals surface area contributed by atoms with Crippen LogP contribution in [0.15, 0.2) is 12.3 Å². The van der Waals surface area contributed by atoms with Crippen molar-refractivity contribution in [2.45, 2.75) is 38.6 Å². The topological polar surface area (TPSA) is 63.1 Å². The summed E-state index contributed by atoms with van der Waals surface area (Å²) < 4.78 is 1.73. The lowest BCUT2D eigenvalue weighted by Crippen LogP contribution is -2.33. The molecule has 1 aliphatic carbocycles. The quantitative estimate of drug-likeness (QED) is 0.855. The average Bonchev–Trinajstić information content (AvgIpc) is 2.87. The number of anilines is 1. The number of carbonyl (C=O) groups is 2. The fourth-order valence-electron chi connectivity index (χ4n) is 2.39. The standard InChI is InChI=1S/C13H19N3O2/c1-9(17)14-11-7-12(16(2)8-11)13(18)15-10-5-3-4-6-10/h7-8,10H,3-6H2,1-2H3,(H,14,17)(H,15,18). The van der Waals surface area contributed by atoms with Crippen molar-refractivity contribution < 1.29 is 9.59 Å². The Bertz CT molecular complexity index is 459. The molecule has 5 nitrogen and oxygen atoms in total. The van der Waals surface area contributed by atoms with Crippen molar-refractivity contribution in [1.29, 1.82) is 0 Å². The summed E-state index contributed by atoms with van der Waals surface area (Å²) in [7, 11) is 1.80. The molecule has 2 rings (SSSR count). The minimum Gasteiger partial charge on any atom is -0.348 e. The van der Waals surface area contributed by atoms with Crippen LogP contribution in [0, 0.1) is 0 Å². The van der Waals surface area contributed by atoms with Crippen molar-refractivity contribution in [2.75, 3.05) is 5.32 Å². The van der Waals surface area contributed by atoms with Crippen LogP contribution in [0.5, 0.6) is 0 Å². The normalized spacial score (nSPS) is 15.7. The van der Waals surface area contributed by atoms with E-state index in [2.05, 4.69) is 10.6 Å². The highest BCUT2D eigenvalue weighted by atomic mass is 16.2. The van der Waals surface area contributed by atoms with Crippen LogP contribution in [0.1, 0.15) is 43.1 Å². The van der Waals surface area contributed by atoms with E-state index in [1.54, 1.807) is 23.9 Å². The number of nitrogens with one attached hydrogen (secondary N) is 2. The minimum atomic E-state index is -0.136. The largest absolute Gasteiger partial charge is 0.348 e. The van der Waals surface area contributed by atoms with Crippen molar-refractivity contribution in [3.8, 4) is 0 Å². The molecule has 1 aromatic heterocycles. The second kappa shape index (κ2) is 5.25. The van der Waals surface area contributed by atoms with E-state index in [4.69, 9.17) is 0 Å². The van der Waals surface area contributed by atoms with E-state index in [9.17, 15) is 9.59 Å². The van der Waals surface area contributed by atoms with Gasteiger partial charge in [-0.15, -0.1) is 0 Å². The van der Waals surface area contributed by atoms with Gasteiger partial charge in [0.2, 0.25) is 5.91 Å². The van der Waals surface area contributed by atoms with Gasteiger partial charge in [0, 0.05) is 26.2 Å². The summed E-state index contributed by atoms with van der Waals surface area (Å²) in [6, 6.07) is 2.00. The molecule has 0 spiro atoms. The van der Waals surface area contributed by atoms with Crippen LogP contribution in [0.2, 0.25) is 0 Å². The number of carbonyl (C=O) groups excluding carboxylic acids is 2. The maximum absolute atomic E-state index is 12.1. The van der Waals surface area contributed by atoms with Crippen molar-refractivity contribution in [1.82, 2.24) is 9.88 Å². The number of nitrogens with zero attached hydrogens (tertiary/aromatic N) is 1. The molecule has 2 N–H and O–H groups in total. The third-order valence-corrected chi connectivity index (χ3v) is 3.25. The minimum absolute atomic E-state index is 0.0685. The van der Waals surface area contributed by atoms with Gasteiger partial charge >= 0.3 is 0 Å². The van der Waals surface area contributed by atoms with E-state index in [0.717, 1.165) is 12.8 Å². The lowest BCUT2D eigenvalue weighted by Gasteiger charge is -2.11. The van der Waals surface area contributed by atoms with Gasteiger partial charge in [0.15, 0.2) is 0 Å². The molecule has 0 radical (unpaired) electrons. The van der Waals surface area contributed by atoms with Crippen LogP contribution in [0.3, 0.4) is 0 Å². The zero-order chi connectivity index (χ0) is 13.1. The molecular formula is C13H19N3O2. The van der Waals surface area contributed by atoms with Crippen LogP contribution < -0.4 is 10.6 Å². The summed E-state index contributed by atoms with van der Waals surface area (Å²) in [5.41, 5.74) is 1.23. The number of hydrogen-bond donors (Lipinski definition) is 2. The molecule has 0 atom stereocenters. The number of aromatic nitrogens is 1. The summed E-state index contributed by atoms with van der Waals surface area (Å²) in [4.78, 5) is 23.0. The molecular weight excluding hydrogens is 230 g/mol. The van der Waals surface area contributed by atoms with Crippen molar-refractivity contribution in [3.05, 3.63) is 18.0 Å². The summed E-state index contributed by atoms with van der Waals surface area (Å²) in [6.07, 6.45) is 6.25. The van der Waals surface area contributed by atoms with E-state index >= 15 is 0 Å². The summed E-state index contributed by atoms with van der Waals surface area (Å²) >= 11 is 0. The van der Waals surface area contributed by atoms with Crippen LogP contribution in [-0.2, 0) is 11.8 Å². The SMILES string of the molecule is CC(=O)Nc1cc(C(=O)NC2CCCC2)n(C)c1. The van der Waals surface area contributed by atoms with Crippen molar-refractivity contribution in [2.24, 2.45) is 7.05 Å². The van der Waals surface area contributed by atoms with E-state index in [1.165, 1.54) is 19.8 Å². The molecule has 0 saturated heterocycles. The van der Waals surface area contributed by atoms with Gasteiger partial charge in [0.1, 0.15) is 5.69 Å². The van der Waals surface area contributed by atoms with Crippen LogP contribution >= 0.6 is 0 Å². The van der Waals surface area contributed by atoms with Gasteiger partial charge in [-0.1, -0.05) is 12.8 Å². The third kappa shape index (κ3) is 2.91. The molecule has 0 aliphatic heterocycles. The van der Waals surface area contributed by atoms with E-state index in [0.29, 0.717) is 17.4 Å². The lowest BCUT2D eigenvalue weighted by atomic mass is 10.2. The molecule has 0 bridgehead atoms. The average molecular weight is 249 g/mol. The lowest BCUT2D eigenvalue weighted by molar-refractivity contribution is -0.114. The Hall–Kier alpha value is -1.78. The molecule has 0 aromatic carbocycles. The Morgan fingerprint density at radius 1 is 1.33 bits per heavy atom. The van der Waals surface area contributed by atoms with Crippen molar-refractivity contribution in [3.63, 3.8) is 0 Å². The maximum atomic E-state index is 12.1. The molecule has 18 heavy (non-hydrogen) atoms. The highest BCUT2D eigenvalue weighted by Crippen LogP contribution is 2.19. The molecule has 2 amide bonds. The monoisotopic (exact) mass is 249 g/mol. The van der Waals surface area contributed by atoms with Gasteiger partial charge in [-0.05, 0) is 18.9 Å². The third-order valence-electron chi connectivity index (χ3n) is 3.25. The zero-order valence-electron chi connectivity index (χ0n) is 10.8. The van der Waals surface area contributed by atoms with Crippen LogP contribution in [0.4, 0.5) is 5.69 Å². The van der Waals surface area contributed by atoms with Gasteiger partial charge in [0.25, 0.3) is 5.91 Å². The Morgan fingerprint density at radius 3 is 2.61 bits per heavy atom. The molecule has 1 saturated carbocycles. The number of hydrogen-bond acceptors (Lipinski definition) is 2. The first-order valence-corrected chi connectivity index (χ1v) is 6.31. The number of rotatable bonds is 3. The number of amides is 2. The molecule has 98 valence electrons. The first kappa shape index (κ1) is 12.7. The van der Waals surface area contributed by atoms with Gasteiger partial charge in [-0.3, -0.25) is 9.59 Å². The number of aryl methyl sites for hydroxylation is 1. The Balaban J connectivity index is 2.04. The summed E-state index contributed by atoms with van der Waals surface area (Å²) in [5.74, 6) is -0.204. The van der Waals surface area contributed by atoms with Crippen molar-refractivity contribution >= 4 is 17.5 Å². The predicted octanol–water partition coefficient (Wildman–Crippen LogP) is 1.66. The van der Waals surface area contributed by atoms with Crippen LogP contribution in [-0.4, -0.2) is 22.4 Å². The van der Waals surface area contributed by atoms with E-state index in [1.807, 2.05) is 0 Å². The summed E-state index contributed by atoms with van der Waals surface area (Å²) in [5, 5.41) is 5.70. The maximum Gasteiger partial charge on any atom is 0.268 e. The Kier molecular flexibility index (Phi) is 3.69. The van der Waals surface area contributed by atoms with Gasteiger partial charge in [-0.25, -0.2) is 0 Å². The zero-order valence-corrected chi connectivity index (χ0v) is 10.8. The Morgan fingerprint density at radius 2 is 2.00 bits per heavy atom. The Labute approximate surface area is 107 Å². The second-order valence-electron chi connectivity index (χ2n) is 4.86. The predicted molar refractivity (Wildman–Crippen MR) is 69.4 cm³/mol. The highest BCUT2D eigenvalue weighted by Gasteiger charge is 2.19.